The number of nitrogens with zero attached hydrogens (tertiary/aromatic N) is 3. The van der Waals surface area contributed by atoms with Crippen LogP contribution in [0.3, 0.4) is 0 Å². The molecule has 1 amide bonds. The van der Waals surface area contributed by atoms with Crippen LogP contribution in [0.25, 0.3) is 0 Å². The van der Waals surface area contributed by atoms with Gasteiger partial charge < -0.3 is 10.6 Å². The van der Waals surface area contributed by atoms with Crippen LogP contribution in [0.15, 0.2) is 59.9 Å². The van der Waals surface area contributed by atoms with Crippen LogP contribution in [0.4, 0.5) is 22.7 Å². The molecule has 0 radical (unpaired) electrons. The van der Waals surface area contributed by atoms with Crippen molar-refractivity contribution in [2.45, 2.75) is 56.5 Å². The molecular weight excluding hydrogens is 671 g/mol. The minimum Gasteiger partial charge on any atom is -0.314 e. The van der Waals surface area contributed by atoms with E-state index in [2.05, 4.69) is 20.6 Å². The number of anilines is 1. The normalized spacial score (nSPS) is 16.1. The molecule has 2 atom stereocenters. The maximum absolute atomic E-state index is 15.2. The number of ketones is 1. The number of halogens is 4. The van der Waals surface area contributed by atoms with E-state index in [0.29, 0.717) is 35.2 Å². The van der Waals surface area contributed by atoms with Gasteiger partial charge in [0.25, 0.3) is 10.0 Å². The highest BCUT2D eigenvalue weighted by molar-refractivity contribution is 7.89. The molecule has 1 aliphatic rings. The molecular formula is C33H33F4N5O4S2. The van der Waals surface area contributed by atoms with Gasteiger partial charge in [0.15, 0.2) is 10.2 Å². The fourth-order valence-electron chi connectivity index (χ4n) is 5.90. The van der Waals surface area contributed by atoms with Gasteiger partial charge in [-0.05, 0) is 66.3 Å². The Labute approximate surface area is 279 Å². The minimum atomic E-state index is -4.07. The van der Waals surface area contributed by atoms with Crippen molar-refractivity contribution in [3.8, 4) is 0 Å². The number of nitrogens with one attached hydrogen (secondary N) is 2. The lowest BCUT2D eigenvalue weighted by atomic mass is 9.85. The smallest absolute Gasteiger partial charge is 0.262 e. The molecule has 0 bridgehead atoms. The summed E-state index contributed by atoms with van der Waals surface area (Å²) in [5.41, 5.74) is 1.17. The van der Waals surface area contributed by atoms with Crippen molar-refractivity contribution in [2.24, 2.45) is 0 Å². The van der Waals surface area contributed by atoms with Gasteiger partial charge in [-0.2, -0.15) is 4.31 Å². The Morgan fingerprint density at radius 1 is 1.04 bits per heavy atom. The van der Waals surface area contributed by atoms with E-state index in [1.807, 2.05) is 0 Å². The molecule has 1 saturated heterocycles. The van der Waals surface area contributed by atoms with Crippen LogP contribution in [-0.4, -0.2) is 60.1 Å². The van der Waals surface area contributed by atoms with E-state index in [1.54, 1.807) is 6.92 Å². The molecule has 2 aromatic heterocycles. The number of carbonyl (C=O) groups excluding carboxylic acids is 2. The number of hydrogen-bond acceptors (Lipinski definition) is 8. The monoisotopic (exact) mass is 703 g/mol. The topological polar surface area (TPSA) is 121 Å². The zero-order valence-electron chi connectivity index (χ0n) is 26.1. The van der Waals surface area contributed by atoms with Crippen molar-refractivity contribution in [1.82, 2.24) is 19.6 Å². The highest BCUT2D eigenvalue weighted by Gasteiger charge is 2.36. The van der Waals surface area contributed by atoms with Crippen LogP contribution in [0.2, 0.25) is 0 Å². The molecule has 0 spiro atoms. The number of amides is 1. The maximum Gasteiger partial charge on any atom is 0.262 e. The summed E-state index contributed by atoms with van der Waals surface area (Å²) in [5.74, 6) is -4.38. The highest BCUT2D eigenvalue weighted by Crippen LogP contribution is 2.32. The number of carbonyl (C=O) groups is 2. The molecule has 5 rings (SSSR count). The molecule has 1 aliphatic heterocycles. The first kappa shape index (κ1) is 35.3. The largest absolute Gasteiger partial charge is 0.314 e. The van der Waals surface area contributed by atoms with E-state index >= 15 is 4.39 Å². The average molecular weight is 704 g/mol. The number of aryl methyl sites for hydroxylation is 1. The molecule has 9 nitrogen and oxygen atoms in total. The lowest BCUT2D eigenvalue weighted by Crippen LogP contribution is -2.53. The summed E-state index contributed by atoms with van der Waals surface area (Å²) in [7, 11) is -4.07. The summed E-state index contributed by atoms with van der Waals surface area (Å²) in [5, 5.41) is 5.71. The molecule has 254 valence electrons. The maximum atomic E-state index is 15.2. The third-order valence-electron chi connectivity index (χ3n) is 8.09. The number of Topliss-reactive ketones (excluding diaryl/α,β-unsaturated/α-hetero) is 1. The van der Waals surface area contributed by atoms with Gasteiger partial charge in [0.1, 0.15) is 29.1 Å². The van der Waals surface area contributed by atoms with Gasteiger partial charge in [-0.25, -0.2) is 31.0 Å². The van der Waals surface area contributed by atoms with Crippen molar-refractivity contribution in [3.05, 3.63) is 105 Å². The van der Waals surface area contributed by atoms with Crippen LogP contribution in [0.5, 0.6) is 0 Å². The lowest BCUT2D eigenvalue weighted by molar-refractivity contribution is -0.118. The molecule has 0 saturated carbocycles. The van der Waals surface area contributed by atoms with Crippen molar-refractivity contribution >= 4 is 38.2 Å². The third-order valence-corrected chi connectivity index (χ3v) is 11.1. The Kier molecular flexibility index (Phi) is 11.0. The molecule has 3 heterocycles. The van der Waals surface area contributed by atoms with Crippen LogP contribution in [0.1, 0.15) is 52.8 Å². The molecule has 2 N–H and O–H groups in total. The van der Waals surface area contributed by atoms with Crippen molar-refractivity contribution in [2.75, 3.05) is 25.0 Å². The predicted molar refractivity (Wildman–Crippen MR) is 172 cm³/mol. The fraction of sp³-hybridized carbons (Fsp3) is 0.333. The first-order valence-corrected chi connectivity index (χ1v) is 17.4. The zero-order chi connectivity index (χ0) is 34.6. The second kappa shape index (κ2) is 15.0. The van der Waals surface area contributed by atoms with E-state index in [-0.39, 0.29) is 65.2 Å². The Bertz CT molecular complexity index is 1900. The van der Waals surface area contributed by atoms with E-state index < -0.39 is 45.3 Å². The first-order valence-electron chi connectivity index (χ1n) is 15.1. The van der Waals surface area contributed by atoms with Crippen molar-refractivity contribution in [1.29, 1.82) is 0 Å². The minimum absolute atomic E-state index is 0.0824. The zero-order valence-corrected chi connectivity index (χ0v) is 27.7. The van der Waals surface area contributed by atoms with Gasteiger partial charge in [0, 0.05) is 68.5 Å². The number of rotatable bonds is 12. The Hall–Kier alpha value is -4.05. The van der Waals surface area contributed by atoms with E-state index in [0.717, 1.165) is 29.7 Å². The molecule has 0 aliphatic carbocycles. The van der Waals surface area contributed by atoms with Gasteiger partial charge in [-0.15, -0.1) is 11.3 Å². The van der Waals surface area contributed by atoms with Gasteiger partial charge in [0.05, 0.1) is 6.20 Å². The Morgan fingerprint density at radius 3 is 2.44 bits per heavy atom. The number of benzene rings is 2. The summed E-state index contributed by atoms with van der Waals surface area (Å²) >= 11 is 1.05. The second-order valence-corrected chi connectivity index (χ2v) is 14.6. The molecule has 2 aromatic carbocycles. The summed E-state index contributed by atoms with van der Waals surface area (Å²) in [6.45, 7) is 3.74. The van der Waals surface area contributed by atoms with Gasteiger partial charge >= 0.3 is 0 Å². The second-order valence-electron chi connectivity index (χ2n) is 11.6. The summed E-state index contributed by atoms with van der Waals surface area (Å²) in [4.78, 5) is 33.5. The van der Waals surface area contributed by atoms with Crippen LogP contribution < -0.4 is 10.6 Å². The number of piperazine rings is 1. The first-order chi connectivity index (χ1) is 22.8. The third kappa shape index (κ3) is 8.32. The Morgan fingerprint density at radius 2 is 1.75 bits per heavy atom. The Balaban J connectivity index is 1.35. The predicted octanol–water partition coefficient (Wildman–Crippen LogP) is 5.29. The van der Waals surface area contributed by atoms with Crippen LogP contribution >= 0.6 is 11.3 Å². The number of hydrogen-bond donors (Lipinski definition) is 2. The van der Waals surface area contributed by atoms with Crippen molar-refractivity contribution in [3.63, 3.8) is 0 Å². The van der Waals surface area contributed by atoms with Gasteiger partial charge in [-0.1, -0.05) is 12.1 Å². The standard InChI is InChI=1S/C33H33F4N5O4S2/c1-19-32(41-33(47-19)40-20(2)43)48(45,46)42-10-9-38-17-27(42)7-8-29-23(16-39-18-31(29)37)13-28(44)15-30(21-3-5-24(34)6-4-21)22-11-25(35)14-26(36)12-22/h3-6,11-12,14,16,18,27,30,38H,7-10,13,15,17H2,1-2H3,(H,40,41,43)/t27-,30-/m0/s1. The number of sulfonamides is 1. The fourth-order valence-corrected chi connectivity index (χ4v) is 8.85. The number of pyridine rings is 1. The quantitative estimate of drug-likeness (QED) is 0.193. The lowest BCUT2D eigenvalue weighted by Gasteiger charge is -2.35. The number of aromatic nitrogens is 2. The van der Waals surface area contributed by atoms with Crippen LogP contribution in [-0.2, 0) is 32.5 Å². The number of thiazole rings is 1. The molecule has 1 fully saturated rings. The molecule has 0 unspecified atom stereocenters. The average Bonchev–Trinajstić information content (AvgIpc) is 3.39. The van der Waals surface area contributed by atoms with E-state index in [9.17, 15) is 31.2 Å². The summed E-state index contributed by atoms with van der Waals surface area (Å²) in [6.07, 6.45) is 2.23. The van der Waals surface area contributed by atoms with E-state index in [4.69, 9.17) is 0 Å². The van der Waals surface area contributed by atoms with Crippen LogP contribution in [0, 0.1) is 30.2 Å². The van der Waals surface area contributed by atoms with Crippen molar-refractivity contribution < 1.29 is 35.6 Å². The summed E-state index contributed by atoms with van der Waals surface area (Å²) < 4.78 is 86.0. The molecule has 48 heavy (non-hydrogen) atoms. The SMILES string of the molecule is CC(=O)Nc1nc(S(=O)(=O)N2CCNC[C@@H]2CCc2c(F)cncc2CC(=O)C[C@@H](c2ccc(F)cc2)c2cc(F)cc(F)c2)c(C)s1. The van der Waals surface area contributed by atoms with Gasteiger partial charge in [-0.3, -0.25) is 14.6 Å². The van der Waals surface area contributed by atoms with E-state index in [1.165, 1.54) is 41.7 Å². The summed E-state index contributed by atoms with van der Waals surface area (Å²) in [6, 6.07) is 7.64. The highest BCUT2D eigenvalue weighted by atomic mass is 32.2. The van der Waals surface area contributed by atoms with Gasteiger partial charge in [0.2, 0.25) is 5.91 Å². The molecule has 15 heteroatoms. The molecule has 4 aromatic rings.